The van der Waals surface area contributed by atoms with Gasteiger partial charge < -0.3 is 34.5 Å². The molecule has 5 atom stereocenters. The lowest BCUT2D eigenvalue weighted by atomic mass is 10.1. The van der Waals surface area contributed by atoms with Crippen LogP contribution >= 0.6 is 6.72 Å². The molecule has 12 nitrogen and oxygen atoms in total. The van der Waals surface area contributed by atoms with Gasteiger partial charge in [0.25, 0.3) is 0 Å². The minimum absolute atomic E-state index is 0.0231. The highest BCUT2D eigenvalue weighted by Crippen LogP contribution is 2.53. The first kappa shape index (κ1) is 32.0. The molecule has 3 aromatic heterocycles. The number of aryl methyl sites for hydroxylation is 1. The lowest BCUT2D eigenvalue weighted by Gasteiger charge is -2.30. The van der Waals surface area contributed by atoms with E-state index in [1.54, 1.807) is 4.57 Å². The largest absolute Gasteiger partial charge is 0.386 e. The summed E-state index contributed by atoms with van der Waals surface area (Å²) in [5.41, 5.74) is 7.57. The van der Waals surface area contributed by atoms with Gasteiger partial charge in [0.15, 0.2) is 29.0 Å². The van der Waals surface area contributed by atoms with Crippen molar-refractivity contribution in [2.24, 2.45) is 7.05 Å². The zero-order valence-corrected chi connectivity index (χ0v) is 26.1. The number of fused-ring (bicyclic) bond motifs is 2. The molecule has 2 saturated heterocycles. The van der Waals surface area contributed by atoms with Gasteiger partial charge in [-0.25, -0.2) is 15.0 Å². The minimum Gasteiger partial charge on any atom is -0.386 e. The van der Waals surface area contributed by atoms with Crippen molar-refractivity contribution >= 4 is 35.5 Å². The molecule has 41 heavy (non-hydrogen) atoms. The summed E-state index contributed by atoms with van der Waals surface area (Å²) in [5.74, 6) is 0.719. The van der Waals surface area contributed by atoms with Crippen LogP contribution in [0.1, 0.15) is 65.5 Å². The van der Waals surface area contributed by atoms with Crippen LogP contribution in [0.4, 0.5) is 5.82 Å². The number of hydrogen-bond acceptors (Lipinski definition) is 10. The van der Waals surface area contributed by atoms with Crippen molar-refractivity contribution in [1.82, 2.24) is 29.0 Å². The lowest BCUT2D eigenvalue weighted by molar-refractivity contribution is -0.0588. The summed E-state index contributed by atoms with van der Waals surface area (Å²) in [4.78, 5) is 25.5. The van der Waals surface area contributed by atoms with Gasteiger partial charge in [0, 0.05) is 13.2 Å². The average Bonchev–Trinajstić information content (AvgIpc) is 3.63. The molecule has 5 rings (SSSR count). The fourth-order valence-electron chi connectivity index (χ4n) is 5.07. The number of nitrogens with zero attached hydrogens (tertiary/aromatic N) is 6. The third-order valence-corrected chi connectivity index (χ3v) is 8.94. The minimum atomic E-state index is -3.40. The summed E-state index contributed by atoms with van der Waals surface area (Å²) in [6.45, 7) is 7.40. The molecule has 0 aromatic carbocycles. The first-order valence-corrected chi connectivity index (χ1v) is 17.1. The van der Waals surface area contributed by atoms with E-state index in [0.29, 0.717) is 17.0 Å². The summed E-state index contributed by atoms with van der Waals surface area (Å²) < 4.78 is 20.1. The van der Waals surface area contributed by atoms with Crippen LogP contribution in [-0.2, 0) is 32.6 Å². The molecular weight excluding hydrogens is 565 g/mol. The van der Waals surface area contributed by atoms with Crippen LogP contribution in [0.5, 0.6) is 0 Å². The Morgan fingerprint density at radius 3 is 2.37 bits per heavy atom. The molecule has 4 N–H and O–H groups in total. The van der Waals surface area contributed by atoms with Crippen molar-refractivity contribution in [3.63, 3.8) is 0 Å². The highest BCUT2D eigenvalue weighted by Gasteiger charge is 2.52. The maximum Gasteiger partial charge on any atom is 0.325 e. The van der Waals surface area contributed by atoms with Crippen LogP contribution in [0, 0.1) is 0 Å². The smallest absolute Gasteiger partial charge is 0.325 e. The summed E-state index contributed by atoms with van der Waals surface area (Å²) in [7, 11) is 1.87. The molecule has 0 saturated carbocycles. The molecule has 5 heterocycles. The van der Waals surface area contributed by atoms with Crippen molar-refractivity contribution in [3.05, 3.63) is 24.7 Å². The number of nitrogen functional groups attached to an aromatic ring is 1. The van der Waals surface area contributed by atoms with E-state index in [0.717, 1.165) is 5.69 Å². The highest BCUT2D eigenvalue weighted by atomic mass is 32.5. The zero-order valence-electron chi connectivity index (χ0n) is 24.4. The maximum absolute atomic E-state index is 10.9. The Balaban J connectivity index is 0.000000254. The van der Waals surface area contributed by atoms with Gasteiger partial charge in [-0.15, -0.1) is 0 Å². The van der Waals surface area contributed by atoms with Crippen molar-refractivity contribution < 1.29 is 23.8 Å². The van der Waals surface area contributed by atoms with E-state index in [1.165, 1.54) is 64.5 Å². The molecule has 14 heteroatoms. The molecule has 0 spiro atoms. The van der Waals surface area contributed by atoms with Crippen LogP contribution in [0.15, 0.2) is 24.7 Å². The number of ether oxygens (including phenoxy) is 1. The van der Waals surface area contributed by atoms with Gasteiger partial charge in [-0.2, -0.15) is 0 Å². The van der Waals surface area contributed by atoms with Crippen LogP contribution in [0.25, 0.3) is 22.7 Å². The molecule has 0 radical (unpaired) electrons. The maximum atomic E-state index is 10.9. The average molecular weight is 610 g/mol. The highest BCUT2D eigenvalue weighted by molar-refractivity contribution is 8.07. The zero-order chi connectivity index (χ0) is 29.6. The predicted molar refractivity (Wildman–Crippen MR) is 163 cm³/mol. The van der Waals surface area contributed by atoms with Gasteiger partial charge in [0.1, 0.15) is 24.6 Å². The van der Waals surface area contributed by atoms with Crippen LogP contribution in [0.2, 0.25) is 0 Å². The first-order chi connectivity index (χ1) is 19.7. The Labute approximate surface area is 247 Å². The summed E-state index contributed by atoms with van der Waals surface area (Å²) in [5, 5.41) is 10.9. The van der Waals surface area contributed by atoms with Crippen molar-refractivity contribution in [2.75, 3.05) is 32.0 Å². The predicted octanol–water partition coefficient (Wildman–Crippen LogP) is 3.99. The summed E-state index contributed by atoms with van der Waals surface area (Å²) >= 11 is 4.91. The fraction of sp³-hybridized carbons (Fsp3) is 0.667. The number of rotatable bonds is 11. The number of imidazole rings is 1. The molecule has 0 bridgehead atoms. The van der Waals surface area contributed by atoms with Gasteiger partial charge in [-0.1, -0.05) is 40.0 Å². The summed E-state index contributed by atoms with van der Waals surface area (Å²) in [6.07, 6.45) is 7.84. The summed E-state index contributed by atoms with van der Waals surface area (Å²) in [6, 6.07) is 3.75. The Morgan fingerprint density at radius 1 is 1.12 bits per heavy atom. The van der Waals surface area contributed by atoms with E-state index in [4.69, 9.17) is 31.3 Å². The second kappa shape index (κ2) is 14.5. The van der Waals surface area contributed by atoms with Crippen LogP contribution in [-0.4, -0.2) is 83.5 Å². The number of hydrogen-bond donors (Lipinski definition) is 3. The molecule has 228 valence electrons. The number of aliphatic hydroxyl groups is 1. The van der Waals surface area contributed by atoms with Crippen LogP contribution in [0.3, 0.4) is 0 Å². The van der Waals surface area contributed by atoms with Gasteiger partial charge >= 0.3 is 6.72 Å². The van der Waals surface area contributed by atoms with E-state index in [9.17, 15) is 10.00 Å². The normalized spacial score (nSPS) is 25.8. The van der Waals surface area contributed by atoms with Gasteiger partial charge in [-0.05, 0) is 62.8 Å². The van der Waals surface area contributed by atoms with Gasteiger partial charge in [0.05, 0.1) is 12.3 Å². The van der Waals surface area contributed by atoms with Gasteiger partial charge in [0.2, 0.25) is 0 Å². The van der Waals surface area contributed by atoms with E-state index in [2.05, 4.69) is 40.6 Å². The van der Waals surface area contributed by atoms with E-state index >= 15 is 0 Å². The lowest BCUT2D eigenvalue weighted by Crippen LogP contribution is -2.39. The standard InChI is InChI=1S/C15H17N6O5PS.C12H27N/c1-20-4-2-3-7(20)13-19-9-12(16)17-6-18-14(9)21(13)15-10(22)11-8(25-15)5-24-27(23,28)26-11;1-4-7-10-13(11-8-5-2)12-9-6-3/h2-4,6,8,10-11,15,22H,5H2,1H3,(H,23,28)(H2,16,17,18);4-12H2,1-3H3/t8-,10-,11-,15-,27?;/m1./s1. The molecule has 2 fully saturated rings. The van der Waals surface area contributed by atoms with Crippen molar-refractivity contribution in [3.8, 4) is 11.5 Å². The number of aliphatic hydroxyl groups excluding tert-OH is 1. The Kier molecular flexibility index (Phi) is 11.3. The molecule has 2 aliphatic heterocycles. The number of unbranched alkanes of at least 4 members (excludes halogenated alkanes) is 3. The van der Waals surface area contributed by atoms with Gasteiger partial charge in [-0.3, -0.25) is 9.09 Å². The van der Waals surface area contributed by atoms with Crippen LogP contribution < -0.4 is 5.73 Å². The third kappa shape index (κ3) is 7.52. The monoisotopic (exact) mass is 609 g/mol. The van der Waals surface area contributed by atoms with Crippen molar-refractivity contribution in [1.29, 1.82) is 0 Å². The Bertz CT molecular complexity index is 1300. The fourth-order valence-corrected chi connectivity index (χ4v) is 6.52. The quantitative estimate of drug-likeness (QED) is 0.271. The molecule has 0 amide bonds. The van der Waals surface area contributed by atoms with E-state index in [-0.39, 0.29) is 12.4 Å². The third-order valence-electron chi connectivity index (χ3n) is 7.38. The molecule has 1 unspecified atom stereocenters. The second-order valence-electron chi connectivity index (χ2n) is 10.5. The number of nitrogens with two attached hydrogens (primary N) is 1. The Morgan fingerprint density at radius 2 is 1.78 bits per heavy atom. The molecule has 3 aromatic rings. The molecule has 2 aliphatic rings. The number of anilines is 1. The molecule has 0 aliphatic carbocycles. The second-order valence-corrected chi connectivity index (χ2v) is 13.3. The molecular formula is C27H44N7O5PS. The van der Waals surface area contributed by atoms with Crippen molar-refractivity contribution in [2.45, 2.75) is 83.8 Å². The van der Waals surface area contributed by atoms with E-state index < -0.39 is 31.3 Å². The SMILES string of the molecule is CCCCN(CCCC)CCCC.Cn1cccc1-c1nc2c(N)ncnc2n1[C@@H]1O[C@@H]2COP(O)(=S)O[C@H]2[C@H]1O. The number of aromatic nitrogens is 5. The first-order valence-electron chi connectivity index (χ1n) is 14.5. The van der Waals surface area contributed by atoms with E-state index in [1.807, 2.05) is 29.9 Å². The Hall–Kier alpha value is -1.96. The topological polar surface area (TPSA) is 146 Å².